The second-order valence-electron chi connectivity index (χ2n) is 8.79. The molecule has 2 rings (SSSR count). The Morgan fingerprint density at radius 3 is 1.79 bits per heavy atom. The fourth-order valence-corrected chi connectivity index (χ4v) is 4.20. The van der Waals surface area contributed by atoms with Crippen molar-refractivity contribution in [2.45, 2.75) is 95.9 Å². The van der Waals surface area contributed by atoms with E-state index in [0.29, 0.717) is 0 Å². The molecule has 16 nitrogen and oxygen atoms in total. The highest BCUT2D eigenvalue weighted by molar-refractivity contribution is 5.74. The number of hydrogen-bond acceptors (Lipinski definition) is 14. The molecule has 0 spiro atoms. The van der Waals surface area contributed by atoms with Crippen molar-refractivity contribution in [1.82, 2.24) is 10.6 Å². The molecule has 2 aliphatic rings. The lowest BCUT2D eigenvalue weighted by atomic mass is 9.94. The molecule has 10 atom stereocenters. The van der Waals surface area contributed by atoms with Crippen molar-refractivity contribution < 1.29 is 67.7 Å². The van der Waals surface area contributed by atoms with E-state index in [1.165, 1.54) is 0 Å². The maximum atomic E-state index is 12.1. The van der Waals surface area contributed by atoms with Gasteiger partial charge in [0, 0.05) is 34.6 Å². The highest BCUT2D eigenvalue weighted by Gasteiger charge is 2.54. The third-order valence-electron chi connectivity index (χ3n) is 5.60. The number of hydrogen-bond donors (Lipinski definition) is 5. The lowest BCUT2D eigenvalue weighted by Gasteiger charge is -2.48. The molecular weight excluding hydrogens is 516 g/mol. The molecule has 0 aromatic heterocycles. The van der Waals surface area contributed by atoms with Crippen LogP contribution in [0.1, 0.15) is 34.6 Å². The van der Waals surface area contributed by atoms with Gasteiger partial charge in [-0.05, 0) is 0 Å². The van der Waals surface area contributed by atoms with E-state index in [1.54, 1.807) is 0 Å². The van der Waals surface area contributed by atoms with E-state index in [0.717, 1.165) is 34.6 Å². The Balaban J connectivity index is 2.50. The molecule has 2 amide bonds. The molecule has 0 aliphatic carbocycles. The van der Waals surface area contributed by atoms with Crippen LogP contribution in [0.2, 0.25) is 0 Å². The van der Waals surface area contributed by atoms with Crippen LogP contribution in [0.25, 0.3) is 0 Å². The number of esters is 3. The monoisotopic (exact) mass is 550 g/mol. The first kappa shape index (κ1) is 31.3. The molecule has 0 radical (unpaired) electrons. The number of amides is 2. The average Bonchev–Trinajstić information content (AvgIpc) is 2.79. The number of aliphatic hydroxyl groups excluding tert-OH is 3. The fourth-order valence-electron chi connectivity index (χ4n) is 4.20. The third-order valence-corrected chi connectivity index (χ3v) is 5.60. The van der Waals surface area contributed by atoms with Crippen LogP contribution in [0.3, 0.4) is 0 Å². The van der Waals surface area contributed by atoms with Crippen molar-refractivity contribution in [3.05, 3.63) is 0 Å². The Kier molecular flexibility index (Phi) is 11.4. The summed E-state index contributed by atoms with van der Waals surface area (Å²) in [6.07, 6.45) is -11.8. The summed E-state index contributed by atoms with van der Waals surface area (Å²) in [7, 11) is 0. The molecule has 0 bridgehead atoms. The third kappa shape index (κ3) is 8.31. The van der Waals surface area contributed by atoms with E-state index < -0.39 is 104 Å². The molecule has 0 aromatic rings. The van der Waals surface area contributed by atoms with E-state index >= 15 is 0 Å². The molecule has 0 saturated carbocycles. The van der Waals surface area contributed by atoms with Gasteiger partial charge < -0.3 is 54.4 Å². The molecule has 2 heterocycles. The fraction of sp³-hybridized carbons (Fsp3) is 0.773. The maximum absolute atomic E-state index is 12.1. The zero-order valence-corrected chi connectivity index (χ0v) is 21.5. The molecular formula is C22H34N2O14. The van der Waals surface area contributed by atoms with Crippen LogP contribution in [0.4, 0.5) is 0 Å². The summed E-state index contributed by atoms with van der Waals surface area (Å²) in [4.78, 5) is 58.9. The van der Waals surface area contributed by atoms with E-state index in [9.17, 15) is 39.3 Å². The standard InChI is InChI=1S/C22H34N2O14/c1-8(26)23-15-17(31)18(13(6-25)36-21(15)32)38-22-16(24-9(2)27)20(35-12(5)30)19(34-11(4)29)14(37-22)7-33-10(3)28/h13-22,25,31-32H,6-7H2,1-5H3,(H,23,26)(H,24,27)/t13-,14-,15+,16+,17-,18+,19+,20-,21-,22+/m1/s1. The van der Waals surface area contributed by atoms with Crippen molar-refractivity contribution in [3.63, 3.8) is 0 Å². The van der Waals surface area contributed by atoms with Crippen molar-refractivity contribution in [2.75, 3.05) is 13.2 Å². The second kappa shape index (κ2) is 13.8. The second-order valence-corrected chi connectivity index (χ2v) is 8.79. The first-order chi connectivity index (χ1) is 17.7. The Labute approximate surface area is 217 Å². The van der Waals surface area contributed by atoms with Gasteiger partial charge >= 0.3 is 17.9 Å². The molecule has 16 heteroatoms. The summed E-state index contributed by atoms with van der Waals surface area (Å²) in [5, 5.41) is 35.7. The molecule has 5 N–H and O–H groups in total. The summed E-state index contributed by atoms with van der Waals surface area (Å²) in [6, 6.07) is -2.73. The van der Waals surface area contributed by atoms with Crippen LogP contribution in [0.15, 0.2) is 0 Å². The molecule has 216 valence electrons. The number of aliphatic hydroxyl groups is 3. The van der Waals surface area contributed by atoms with Gasteiger partial charge in [-0.2, -0.15) is 0 Å². The predicted octanol–water partition coefficient (Wildman–Crippen LogP) is -3.40. The van der Waals surface area contributed by atoms with Crippen molar-refractivity contribution in [2.24, 2.45) is 0 Å². The number of nitrogens with one attached hydrogen (secondary N) is 2. The van der Waals surface area contributed by atoms with Crippen LogP contribution < -0.4 is 10.6 Å². The normalized spacial score (nSPS) is 34.9. The van der Waals surface area contributed by atoms with Gasteiger partial charge in [0.25, 0.3) is 0 Å². The zero-order valence-electron chi connectivity index (χ0n) is 21.5. The van der Waals surface area contributed by atoms with Gasteiger partial charge in [0.05, 0.1) is 6.61 Å². The van der Waals surface area contributed by atoms with Gasteiger partial charge in [-0.15, -0.1) is 0 Å². The molecule has 0 unspecified atom stereocenters. The average molecular weight is 551 g/mol. The Hall–Kier alpha value is -2.89. The zero-order chi connectivity index (χ0) is 28.7. The number of ether oxygens (including phenoxy) is 6. The summed E-state index contributed by atoms with van der Waals surface area (Å²) in [5.74, 6) is -3.56. The topological polar surface area (TPSA) is 225 Å². The van der Waals surface area contributed by atoms with Crippen LogP contribution >= 0.6 is 0 Å². The molecule has 0 aromatic carbocycles. The maximum Gasteiger partial charge on any atom is 0.303 e. The Morgan fingerprint density at radius 2 is 1.29 bits per heavy atom. The smallest absolute Gasteiger partial charge is 0.303 e. The molecule has 2 fully saturated rings. The van der Waals surface area contributed by atoms with Gasteiger partial charge in [-0.3, -0.25) is 24.0 Å². The molecule has 2 saturated heterocycles. The van der Waals surface area contributed by atoms with E-state index in [1.807, 2.05) is 0 Å². The van der Waals surface area contributed by atoms with Gasteiger partial charge in [0.1, 0.15) is 43.1 Å². The lowest BCUT2D eigenvalue weighted by Crippen LogP contribution is -2.70. The summed E-state index contributed by atoms with van der Waals surface area (Å²) < 4.78 is 32.8. The minimum absolute atomic E-state index is 0.488. The summed E-state index contributed by atoms with van der Waals surface area (Å²) >= 11 is 0. The van der Waals surface area contributed by atoms with E-state index in [2.05, 4.69) is 10.6 Å². The highest BCUT2D eigenvalue weighted by atomic mass is 16.7. The van der Waals surface area contributed by atoms with Crippen LogP contribution in [0, 0.1) is 0 Å². The van der Waals surface area contributed by atoms with Gasteiger partial charge in [0.15, 0.2) is 24.8 Å². The van der Waals surface area contributed by atoms with Crippen LogP contribution in [-0.2, 0) is 52.4 Å². The minimum Gasteiger partial charge on any atom is -0.463 e. The van der Waals surface area contributed by atoms with Crippen LogP contribution in [0.5, 0.6) is 0 Å². The number of carbonyl (C=O) groups is 5. The largest absolute Gasteiger partial charge is 0.463 e. The van der Waals surface area contributed by atoms with E-state index in [-0.39, 0.29) is 0 Å². The molecule has 2 aliphatic heterocycles. The lowest BCUT2D eigenvalue weighted by molar-refractivity contribution is -0.329. The Bertz CT molecular complexity index is 884. The first-order valence-corrected chi connectivity index (χ1v) is 11.7. The highest BCUT2D eigenvalue weighted by Crippen LogP contribution is 2.31. The van der Waals surface area contributed by atoms with Crippen molar-refractivity contribution in [3.8, 4) is 0 Å². The van der Waals surface area contributed by atoms with Crippen molar-refractivity contribution in [1.29, 1.82) is 0 Å². The van der Waals surface area contributed by atoms with Crippen molar-refractivity contribution >= 4 is 29.7 Å². The van der Waals surface area contributed by atoms with Gasteiger partial charge in [0.2, 0.25) is 11.8 Å². The first-order valence-electron chi connectivity index (χ1n) is 11.7. The Morgan fingerprint density at radius 1 is 0.737 bits per heavy atom. The van der Waals surface area contributed by atoms with Gasteiger partial charge in [-0.1, -0.05) is 0 Å². The SMILES string of the molecule is CC(=O)N[C@@H]1[C@H](O[C@@H]2[C@H](O)[C@H](NC(C)=O)[C@H](O)O[C@@H]2CO)O[C@H](COC(C)=O)[C@H](OC(C)=O)[C@@H]1OC(C)=O. The van der Waals surface area contributed by atoms with Crippen LogP contribution in [-0.4, -0.2) is 120 Å². The van der Waals surface area contributed by atoms with Gasteiger partial charge in [-0.25, -0.2) is 0 Å². The quantitative estimate of drug-likeness (QED) is 0.139. The summed E-state index contributed by atoms with van der Waals surface area (Å²) in [5.41, 5.74) is 0. The molecule has 38 heavy (non-hydrogen) atoms. The number of rotatable bonds is 9. The predicted molar refractivity (Wildman–Crippen MR) is 120 cm³/mol. The number of carbonyl (C=O) groups excluding carboxylic acids is 5. The van der Waals surface area contributed by atoms with E-state index in [4.69, 9.17) is 28.4 Å². The summed E-state index contributed by atoms with van der Waals surface area (Å²) in [6.45, 7) is 4.33. The minimum atomic E-state index is -1.71.